The summed E-state index contributed by atoms with van der Waals surface area (Å²) < 4.78 is 19.2. The second-order valence-corrected chi connectivity index (χ2v) is 5.97. The summed E-state index contributed by atoms with van der Waals surface area (Å²) in [7, 11) is 1.57. The molecule has 1 unspecified atom stereocenters. The van der Waals surface area contributed by atoms with E-state index >= 15 is 0 Å². The molecular formula is C19H20FNO4. The number of benzene rings is 2. The van der Waals surface area contributed by atoms with Crippen molar-refractivity contribution in [3.8, 4) is 5.75 Å². The minimum Gasteiger partial charge on any atom is -0.497 e. The summed E-state index contributed by atoms with van der Waals surface area (Å²) in [5.74, 6) is -1.94. The topological polar surface area (TPSA) is 75.6 Å². The summed E-state index contributed by atoms with van der Waals surface area (Å²) in [5, 5.41) is 11.7. The molecule has 0 radical (unpaired) electrons. The van der Waals surface area contributed by atoms with E-state index in [1.54, 1.807) is 19.2 Å². The highest BCUT2D eigenvalue weighted by atomic mass is 19.1. The number of ether oxygens (including phenoxy) is 1. The first-order chi connectivity index (χ1) is 11.8. The number of methoxy groups -OCH3 is 1. The van der Waals surface area contributed by atoms with Gasteiger partial charge in [0.25, 0.3) is 5.91 Å². The van der Waals surface area contributed by atoms with Crippen molar-refractivity contribution in [2.24, 2.45) is 5.92 Å². The number of halogens is 1. The standard InChI is InChI=1S/C19H20FNO4/c1-11(2)17(12-4-7-14(25-3)8-5-12)21-18(22)15-9-6-13(19(23)24)10-16(15)20/h4-11,17H,1-3H3,(H,21,22)(H,23,24). The van der Waals surface area contributed by atoms with Gasteiger partial charge in [-0.1, -0.05) is 26.0 Å². The lowest BCUT2D eigenvalue weighted by molar-refractivity contribution is 0.0695. The fourth-order valence-electron chi connectivity index (χ4n) is 2.50. The number of carbonyl (C=O) groups is 2. The summed E-state index contributed by atoms with van der Waals surface area (Å²) in [6, 6.07) is 10.2. The van der Waals surface area contributed by atoms with Gasteiger partial charge in [0.15, 0.2) is 0 Å². The Labute approximate surface area is 145 Å². The molecule has 0 saturated heterocycles. The first kappa shape index (κ1) is 18.4. The van der Waals surface area contributed by atoms with E-state index < -0.39 is 17.7 Å². The second kappa shape index (κ2) is 7.79. The Balaban J connectivity index is 2.24. The summed E-state index contributed by atoms with van der Waals surface area (Å²) in [6.45, 7) is 3.89. The first-order valence-corrected chi connectivity index (χ1v) is 7.81. The van der Waals surface area contributed by atoms with E-state index in [0.717, 1.165) is 11.6 Å². The Bertz CT molecular complexity index is 771. The largest absolute Gasteiger partial charge is 0.497 e. The summed E-state index contributed by atoms with van der Waals surface area (Å²) >= 11 is 0. The third kappa shape index (κ3) is 4.35. The van der Waals surface area contributed by atoms with E-state index in [2.05, 4.69) is 5.32 Å². The Morgan fingerprint density at radius 1 is 1.12 bits per heavy atom. The molecule has 0 bridgehead atoms. The van der Waals surface area contributed by atoms with Gasteiger partial charge in [-0.05, 0) is 41.8 Å². The van der Waals surface area contributed by atoms with Gasteiger partial charge in [0.05, 0.1) is 24.3 Å². The zero-order valence-corrected chi connectivity index (χ0v) is 14.2. The van der Waals surface area contributed by atoms with E-state index in [-0.39, 0.29) is 23.1 Å². The summed E-state index contributed by atoms with van der Waals surface area (Å²) in [4.78, 5) is 23.3. The van der Waals surface area contributed by atoms with Gasteiger partial charge in [-0.3, -0.25) is 4.79 Å². The number of hydrogen-bond donors (Lipinski definition) is 2. The normalized spacial score (nSPS) is 11.9. The lowest BCUT2D eigenvalue weighted by Gasteiger charge is -2.23. The minimum atomic E-state index is -1.25. The molecule has 2 N–H and O–H groups in total. The maximum Gasteiger partial charge on any atom is 0.335 e. The number of carboxylic acid groups (broad SMARTS) is 1. The average Bonchev–Trinajstić information content (AvgIpc) is 2.59. The molecule has 0 aromatic heterocycles. The van der Waals surface area contributed by atoms with Crippen LogP contribution >= 0.6 is 0 Å². The van der Waals surface area contributed by atoms with Crippen molar-refractivity contribution in [3.63, 3.8) is 0 Å². The number of carbonyl (C=O) groups excluding carboxylic acids is 1. The summed E-state index contributed by atoms with van der Waals surface area (Å²) in [5.41, 5.74) is 0.473. The summed E-state index contributed by atoms with van der Waals surface area (Å²) in [6.07, 6.45) is 0. The molecule has 0 aliphatic carbocycles. The van der Waals surface area contributed by atoms with Crippen molar-refractivity contribution in [2.75, 3.05) is 7.11 Å². The van der Waals surface area contributed by atoms with Crippen molar-refractivity contribution in [1.82, 2.24) is 5.32 Å². The van der Waals surface area contributed by atoms with Crippen LogP contribution < -0.4 is 10.1 Å². The second-order valence-electron chi connectivity index (χ2n) is 5.97. The van der Waals surface area contributed by atoms with Crippen LogP contribution in [-0.4, -0.2) is 24.1 Å². The molecule has 0 spiro atoms. The molecule has 25 heavy (non-hydrogen) atoms. The molecule has 0 fully saturated rings. The molecule has 6 heteroatoms. The molecule has 5 nitrogen and oxygen atoms in total. The van der Waals surface area contributed by atoms with Crippen LogP contribution in [0.5, 0.6) is 5.75 Å². The van der Waals surface area contributed by atoms with Crippen LogP contribution in [0.15, 0.2) is 42.5 Å². The zero-order valence-electron chi connectivity index (χ0n) is 14.2. The van der Waals surface area contributed by atoms with Crippen molar-refractivity contribution in [3.05, 3.63) is 65.0 Å². The van der Waals surface area contributed by atoms with Gasteiger partial charge in [-0.2, -0.15) is 0 Å². The van der Waals surface area contributed by atoms with E-state index in [1.165, 1.54) is 12.1 Å². The predicted molar refractivity (Wildman–Crippen MR) is 91.4 cm³/mol. The molecule has 132 valence electrons. The maximum absolute atomic E-state index is 14.1. The lowest BCUT2D eigenvalue weighted by atomic mass is 9.95. The maximum atomic E-state index is 14.1. The quantitative estimate of drug-likeness (QED) is 0.838. The first-order valence-electron chi connectivity index (χ1n) is 7.81. The lowest BCUT2D eigenvalue weighted by Crippen LogP contribution is -2.32. The number of nitrogens with one attached hydrogen (secondary N) is 1. The molecule has 1 amide bonds. The van der Waals surface area contributed by atoms with Crippen LogP contribution in [0.2, 0.25) is 0 Å². The number of carboxylic acids is 1. The zero-order chi connectivity index (χ0) is 18.6. The minimum absolute atomic E-state index is 0.0682. The molecule has 1 atom stereocenters. The highest BCUT2D eigenvalue weighted by Crippen LogP contribution is 2.24. The fraction of sp³-hybridized carbons (Fsp3) is 0.263. The molecular weight excluding hydrogens is 325 g/mol. The van der Waals surface area contributed by atoms with Crippen LogP contribution in [0, 0.1) is 11.7 Å². The Kier molecular flexibility index (Phi) is 5.75. The molecule has 0 aliphatic rings. The van der Waals surface area contributed by atoms with Crippen LogP contribution in [0.4, 0.5) is 4.39 Å². The van der Waals surface area contributed by atoms with E-state index in [4.69, 9.17) is 9.84 Å². The van der Waals surface area contributed by atoms with Crippen LogP contribution in [-0.2, 0) is 0 Å². The van der Waals surface area contributed by atoms with Crippen molar-refractivity contribution in [1.29, 1.82) is 0 Å². The van der Waals surface area contributed by atoms with Gasteiger partial charge < -0.3 is 15.2 Å². The van der Waals surface area contributed by atoms with E-state index in [0.29, 0.717) is 5.75 Å². The number of hydrogen-bond acceptors (Lipinski definition) is 3. The predicted octanol–water partition coefficient (Wildman–Crippen LogP) is 3.66. The highest BCUT2D eigenvalue weighted by molar-refractivity contribution is 5.96. The smallest absolute Gasteiger partial charge is 0.335 e. The molecule has 2 aromatic rings. The monoisotopic (exact) mass is 345 g/mol. The molecule has 0 heterocycles. The van der Waals surface area contributed by atoms with Gasteiger partial charge in [-0.15, -0.1) is 0 Å². The molecule has 0 aliphatic heterocycles. The molecule has 0 saturated carbocycles. The number of amides is 1. The van der Waals surface area contributed by atoms with E-state index in [9.17, 15) is 14.0 Å². The fourth-order valence-corrected chi connectivity index (χ4v) is 2.50. The van der Waals surface area contributed by atoms with Crippen molar-refractivity contribution >= 4 is 11.9 Å². The molecule has 2 aromatic carbocycles. The van der Waals surface area contributed by atoms with Gasteiger partial charge in [0.1, 0.15) is 11.6 Å². The van der Waals surface area contributed by atoms with E-state index in [1.807, 2.05) is 26.0 Å². The number of rotatable bonds is 6. The third-order valence-electron chi connectivity index (χ3n) is 3.89. The SMILES string of the molecule is COc1ccc(C(NC(=O)c2ccc(C(=O)O)cc2F)C(C)C)cc1. The Morgan fingerprint density at radius 2 is 1.76 bits per heavy atom. The Morgan fingerprint density at radius 3 is 2.24 bits per heavy atom. The highest BCUT2D eigenvalue weighted by Gasteiger charge is 2.21. The third-order valence-corrected chi connectivity index (χ3v) is 3.89. The van der Waals surface area contributed by atoms with Gasteiger partial charge in [0.2, 0.25) is 0 Å². The van der Waals surface area contributed by atoms with Crippen LogP contribution in [0.25, 0.3) is 0 Å². The number of aromatic carboxylic acids is 1. The van der Waals surface area contributed by atoms with Crippen molar-refractivity contribution in [2.45, 2.75) is 19.9 Å². The van der Waals surface area contributed by atoms with Crippen molar-refractivity contribution < 1.29 is 23.8 Å². The van der Waals surface area contributed by atoms with Crippen LogP contribution in [0.3, 0.4) is 0 Å². The molecule has 2 rings (SSSR count). The van der Waals surface area contributed by atoms with Gasteiger partial charge >= 0.3 is 5.97 Å². The van der Waals surface area contributed by atoms with Crippen LogP contribution in [0.1, 0.15) is 46.2 Å². The van der Waals surface area contributed by atoms with Gasteiger partial charge in [-0.25, -0.2) is 9.18 Å². The van der Waals surface area contributed by atoms with Gasteiger partial charge in [0, 0.05) is 0 Å². The average molecular weight is 345 g/mol. The Hall–Kier alpha value is -2.89.